The lowest BCUT2D eigenvalue weighted by Gasteiger charge is -2.37. The molecular weight excluding hydrogens is 1060 g/mol. The molecule has 4 N–H and O–H groups in total. The lowest BCUT2D eigenvalue weighted by molar-refractivity contribution is -0.135. The van der Waals surface area contributed by atoms with E-state index in [1.165, 1.54) is 33.5 Å². The predicted octanol–water partition coefficient (Wildman–Crippen LogP) is 8.23. The van der Waals surface area contributed by atoms with E-state index in [4.69, 9.17) is 80.1 Å². The summed E-state index contributed by atoms with van der Waals surface area (Å²) in [5, 5.41) is 14.6. The highest BCUT2D eigenvalue weighted by Crippen LogP contribution is 2.48. The minimum Gasteiger partial charge on any atom is -0.495 e. The van der Waals surface area contributed by atoms with Crippen LogP contribution in [0, 0.1) is 5.92 Å². The molecule has 2 fully saturated rings. The summed E-state index contributed by atoms with van der Waals surface area (Å²) in [6.07, 6.45) is 7.38. The Hall–Kier alpha value is -7.16. The van der Waals surface area contributed by atoms with Crippen LogP contribution in [0.25, 0.3) is 44.1 Å². The molecule has 8 rings (SSSR count). The van der Waals surface area contributed by atoms with Crippen molar-refractivity contribution in [3.05, 3.63) is 106 Å². The van der Waals surface area contributed by atoms with Gasteiger partial charge in [0.15, 0.2) is 0 Å². The highest BCUT2D eigenvalue weighted by molar-refractivity contribution is 6.42. The number of benzene rings is 4. The van der Waals surface area contributed by atoms with Crippen molar-refractivity contribution in [2.75, 3.05) is 72.5 Å². The van der Waals surface area contributed by atoms with Crippen molar-refractivity contribution < 1.29 is 42.9 Å². The normalized spacial score (nSPS) is 18.1. The first-order valence-electron chi connectivity index (χ1n) is 23.8. The molecule has 2 aromatic heterocycles. The maximum Gasteiger partial charge on any atom is 0.248 e. The Morgan fingerprint density at radius 2 is 1.16 bits per heavy atom. The molecule has 76 heavy (non-hydrogen) atoms. The lowest BCUT2D eigenvalue weighted by atomic mass is 9.81. The number of anilines is 2. The summed E-state index contributed by atoms with van der Waals surface area (Å²) in [6, 6.07) is 12.5. The maximum atomic E-state index is 12.8. The second-order valence-corrected chi connectivity index (χ2v) is 19.6. The average Bonchev–Trinajstić information content (AvgIpc) is 3.81. The van der Waals surface area contributed by atoms with E-state index in [1.807, 2.05) is 24.3 Å². The van der Waals surface area contributed by atoms with Gasteiger partial charge in [0.1, 0.15) is 29.6 Å². The van der Waals surface area contributed by atoms with Crippen LogP contribution < -0.4 is 40.2 Å². The van der Waals surface area contributed by atoms with Crippen molar-refractivity contribution in [3.8, 4) is 45.3 Å². The van der Waals surface area contributed by atoms with Gasteiger partial charge in [-0.1, -0.05) is 71.7 Å². The number of nitrogens with one attached hydrogen (secondary N) is 4. The Kier molecular flexibility index (Phi) is 17.6. The summed E-state index contributed by atoms with van der Waals surface area (Å²) < 4.78 is 28.6. The van der Waals surface area contributed by atoms with Gasteiger partial charge in [-0.3, -0.25) is 19.2 Å². The molecule has 0 spiro atoms. The van der Waals surface area contributed by atoms with Gasteiger partial charge in [0.2, 0.25) is 42.3 Å². The summed E-state index contributed by atoms with van der Waals surface area (Å²) >= 11 is 28.0. The molecule has 0 radical (unpaired) electrons. The van der Waals surface area contributed by atoms with Gasteiger partial charge in [-0.25, -0.2) is 19.9 Å². The van der Waals surface area contributed by atoms with Gasteiger partial charge in [-0.05, 0) is 66.8 Å². The number of nitrogens with zero attached hydrogens (tertiary/aromatic N) is 6. The number of rotatable bonds is 19. The molecule has 19 nitrogen and oxygen atoms in total. The third-order valence-electron chi connectivity index (χ3n) is 13.1. The van der Waals surface area contributed by atoms with Gasteiger partial charge in [0, 0.05) is 92.7 Å². The van der Waals surface area contributed by atoms with Crippen LogP contribution in [-0.4, -0.2) is 139 Å². The van der Waals surface area contributed by atoms with Crippen molar-refractivity contribution in [1.82, 2.24) is 40.4 Å². The van der Waals surface area contributed by atoms with E-state index in [0.717, 1.165) is 0 Å². The van der Waals surface area contributed by atoms with Crippen molar-refractivity contribution in [3.63, 3.8) is 0 Å². The van der Waals surface area contributed by atoms with E-state index in [0.29, 0.717) is 69.3 Å². The smallest absolute Gasteiger partial charge is 0.248 e. The zero-order chi connectivity index (χ0) is 54.4. The monoisotopic (exact) mass is 1110 g/mol. The van der Waals surface area contributed by atoms with E-state index in [1.54, 1.807) is 60.6 Å². The molecule has 2 aliphatic rings. The zero-order valence-corrected chi connectivity index (χ0v) is 45.1. The van der Waals surface area contributed by atoms with Crippen LogP contribution >= 0.6 is 46.4 Å². The first kappa shape index (κ1) is 55.1. The fourth-order valence-corrected chi connectivity index (χ4v) is 10.7. The van der Waals surface area contributed by atoms with Crippen LogP contribution in [-0.2, 0) is 23.9 Å². The number of hydrogen-bond acceptors (Lipinski definition) is 15. The van der Waals surface area contributed by atoms with Crippen LogP contribution in [0.2, 0.25) is 20.1 Å². The Bertz CT molecular complexity index is 3240. The van der Waals surface area contributed by atoms with E-state index < -0.39 is 12.1 Å². The van der Waals surface area contributed by atoms with Gasteiger partial charge in [-0.2, -0.15) is 0 Å². The second-order valence-electron chi connectivity index (χ2n) is 18.1. The summed E-state index contributed by atoms with van der Waals surface area (Å²) in [5.74, 6) is 0.441. The standard InChI is InChI=1S/C53H54Cl4N10O9/c1-8-42(68)60-35-18-29(51(71)66(3)4)12-15-34(35)64-52-58-21-30-16-27(10-13-32(30)62-52)45-47(54)38(73-6)19-40(49(45)56)75-26-76-41-20-39(74-7)48(55)46(50(41)57)28-11-14-33-31(17-28)22-59-53(63-33)65-37-24-67(44(70)25-72-5)23-36(37)61-43(69)9-2/h8-11,13-14,16-17,19-22,29,34-37H,1-2,12,15,18,23-26H2,3-7H3,(H,60,68)(H,61,69)(H,58,62,64)(H,59,63,65). The number of ether oxygens (including phenoxy) is 5. The van der Waals surface area contributed by atoms with Crippen LogP contribution in [0.15, 0.2) is 86.2 Å². The van der Waals surface area contributed by atoms with E-state index in [-0.39, 0.29) is 117 Å². The van der Waals surface area contributed by atoms with Crippen LogP contribution in [0.4, 0.5) is 11.9 Å². The van der Waals surface area contributed by atoms with Gasteiger partial charge >= 0.3 is 0 Å². The van der Waals surface area contributed by atoms with Crippen molar-refractivity contribution in [2.45, 2.75) is 43.4 Å². The lowest BCUT2D eigenvalue weighted by Crippen LogP contribution is -2.52. The summed E-state index contributed by atoms with van der Waals surface area (Å²) in [6.45, 7) is 7.20. The quantitative estimate of drug-likeness (QED) is 0.0443. The number of carbonyl (C=O) groups excluding carboxylic acids is 4. The minimum atomic E-state index is -0.440. The Morgan fingerprint density at radius 1 is 0.671 bits per heavy atom. The molecule has 5 atom stereocenters. The molecule has 4 amide bonds. The Labute approximate surface area is 458 Å². The highest BCUT2D eigenvalue weighted by Gasteiger charge is 2.37. The summed E-state index contributed by atoms with van der Waals surface area (Å²) in [5.41, 5.74) is 3.26. The maximum absolute atomic E-state index is 12.8. The van der Waals surface area contributed by atoms with Crippen molar-refractivity contribution >= 4 is 104 Å². The highest BCUT2D eigenvalue weighted by atomic mass is 35.5. The third kappa shape index (κ3) is 12.1. The first-order chi connectivity index (χ1) is 36.5. The SMILES string of the molecule is C=CC(=O)NC1CC(C(=O)N(C)C)CCC1Nc1ncc2cc(-c3c(Cl)c(OC)cc(OCOc4cc(OC)c(Cl)c(-c5ccc6nc(NC7CN(C(=O)COC)CC7NC(=O)C=C)ncc6c5)c4Cl)c3Cl)ccc2n1. The first-order valence-corrected chi connectivity index (χ1v) is 25.3. The number of likely N-dealkylation sites (tertiary alicyclic amines) is 1. The number of aromatic nitrogens is 4. The molecule has 1 saturated carbocycles. The van der Waals surface area contributed by atoms with Gasteiger partial charge in [0.25, 0.3) is 0 Å². The molecule has 4 aromatic carbocycles. The molecule has 5 unspecified atom stereocenters. The van der Waals surface area contributed by atoms with Crippen molar-refractivity contribution in [2.24, 2.45) is 5.92 Å². The number of methoxy groups -OCH3 is 3. The van der Waals surface area contributed by atoms with Crippen molar-refractivity contribution in [1.29, 1.82) is 0 Å². The molecule has 398 valence electrons. The summed E-state index contributed by atoms with van der Waals surface area (Å²) in [7, 11) is 7.83. The molecular formula is C53H54Cl4N10O9. The van der Waals surface area contributed by atoms with Gasteiger partial charge < -0.3 is 54.8 Å². The molecule has 6 aromatic rings. The largest absolute Gasteiger partial charge is 0.495 e. The number of carbonyl (C=O) groups is 4. The fourth-order valence-electron chi connectivity index (χ4n) is 9.29. The van der Waals surface area contributed by atoms with Gasteiger partial charge in [-0.15, -0.1) is 0 Å². The number of amides is 4. The molecule has 1 aliphatic carbocycles. The van der Waals surface area contributed by atoms with Crippen LogP contribution in [0.3, 0.4) is 0 Å². The molecule has 1 saturated heterocycles. The predicted molar refractivity (Wildman–Crippen MR) is 293 cm³/mol. The van der Waals surface area contributed by atoms with E-state index >= 15 is 0 Å². The molecule has 23 heteroatoms. The molecule has 3 heterocycles. The Balaban J connectivity index is 0.984. The van der Waals surface area contributed by atoms with E-state index in [9.17, 15) is 19.2 Å². The number of fused-ring (bicyclic) bond motifs is 2. The van der Waals surface area contributed by atoms with Crippen LogP contribution in [0.1, 0.15) is 19.3 Å². The average molecular weight is 1120 g/mol. The topological polar surface area (TPSA) is 221 Å². The third-order valence-corrected chi connectivity index (χ3v) is 14.6. The fraction of sp³-hybridized carbons (Fsp3) is 0.321. The number of hydrogen-bond donors (Lipinski definition) is 4. The second kappa shape index (κ2) is 24.2. The number of halogens is 4. The molecule has 1 aliphatic heterocycles. The van der Waals surface area contributed by atoms with Gasteiger partial charge in [0.05, 0.1) is 63.5 Å². The van der Waals surface area contributed by atoms with E-state index in [2.05, 4.69) is 44.4 Å². The summed E-state index contributed by atoms with van der Waals surface area (Å²) in [4.78, 5) is 71.9. The zero-order valence-electron chi connectivity index (χ0n) is 42.0. The minimum absolute atomic E-state index is 0.0139. The molecule has 0 bridgehead atoms. The Morgan fingerprint density at radius 3 is 1.64 bits per heavy atom. The van der Waals surface area contributed by atoms with Crippen LogP contribution in [0.5, 0.6) is 23.0 Å².